The minimum Gasteiger partial charge on any atom is -0.324 e. The molecule has 0 aliphatic carbocycles. The minimum atomic E-state index is -0.563. The maximum Gasteiger partial charge on any atom is 0.248 e. The van der Waals surface area contributed by atoms with Gasteiger partial charge in [-0.05, 0) is 43.3 Å². The molecule has 1 atom stereocenters. The number of amides is 2. The van der Waals surface area contributed by atoms with Crippen LogP contribution in [-0.2, 0) is 9.59 Å². The van der Waals surface area contributed by atoms with Crippen molar-refractivity contribution in [3.8, 4) is 6.07 Å². The Hall–Kier alpha value is -2.63. The van der Waals surface area contributed by atoms with Crippen LogP contribution in [0.1, 0.15) is 33.0 Å². The minimum absolute atomic E-state index is 0.0446. The molecular weight excluding hydrogens is 394 g/mol. The molecule has 0 spiro atoms. The van der Waals surface area contributed by atoms with E-state index in [0.29, 0.717) is 27.8 Å². The van der Waals surface area contributed by atoms with Crippen molar-refractivity contribution >= 4 is 46.4 Å². The molecule has 1 fully saturated rings. The molecule has 8 heteroatoms. The highest BCUT2D eigenvalue weighted by molar-refractivity contribution is 7.99. The average molecular weight is 414 g/mol. The van der Waals surface area contributed by atoms with Crippen LogP contribution >= 0.6 is 23.1 Å². The van der Waals surface area contributed by atoms with Gasteiger partial charge in [0.25, 0.3) is 0 Å². The first kappa shape index (κ1) is 20.1. The molecule has 2 heterocycles. The van der Waals surface area contributed by atoms with Crippen molar-refractivity contribution in [2.45, 2.75) is 25.8 Å². The highest BCUT2D eigenvalue weighted by Crippen LogP contribution is 2.24. The maximum absolute atomic E-state index is 12.6. The van der Waals surface area contributed by atoms with E-state index in [1.54, 1.807) is 30.3 Å². The van der Waals surface area contributed by atoms with Gasteiger partial charge in [0.05, 0.1) is 22.4 Å². The molecule has 6 nitrogen and oxygen atoms in total. The fourth-order valence-corrected chi connectivity index (χ4v) is 4.85. The van der Waals surface area contributed by atoms with Gasteiger partial charge in [0.1, 0.15) is 6.04 Å². The molecule has 1 aromatic carbocycles. The normalized spacial score (nSPS) is 15.9. The lowest BCUT2D eigenvalue weighted by Crippen LogP contribution is -2.44. The second-order valence-corrected chi connectivity index (χ2v) is 8.68. The molecule has 1 unspecified atom stereocenters. The summed E-state index contributed by atoms with van der Waals surface area (Å²) in [5.74, 6) is 0.467. The zero-order valence-corrected chi connectivity index (χ0v) is 16.9. The largest absolute Gasteiger partial charge is 0.324 e. The number of anilines is 1. The number of nitrogens with one attached hydrogen (secondary N) is 1. The SMILES string of the molecule is Cc1ccc(C(=O)CCC(=O)N2CSCC2C(=O)Nc2ccc(C#N)cc2)s1. The highest BCUT2D eigenvalue weighted by Gasteiger charge is 2.34. The summed E-state index contributed by atoms with van der Waals surface area (Å²) >= 11 is 2.94. The van der Waals surface area contributed by atoms with Gasteiger partial charge in [0.2, 0.25) is 11.8 Å². The first-order chi connectivity index (χ1) is 13.5. The molecule has 1 saturated heterocycles. The van der Waals surface area contributed by atoms with Gasteiger partial charge in [0, 0.05) is 29.2 Å². The van der Waals surface area contributed by atoms with Crippen LogP contribution in [0.25, 0.3) is 0 Å². The Bertz CT molecular complexity index is 931. The van der Waals surface area contributed by atoms with E-state index in [9.17, 15) is 14.4 Å². The van der Waals surface area contributed by atoms with Gasteiger partial charge >= 0.3 is 0 Å². The number of carbonyl (C=O) groups is 3. The zero-order chi connectivity index (χ0) is 20.1. The van der Waals surface area contributed by atoms with Crippen molar-refractivity contribution < 1.29 is 14.4 Å². The molecule has 144 valence electrons. The van der Waals surface area contributed by atoms with E-state index >= 15 is 0 Å². The van der Waals surface area contributed by atoms with Crippen molar-refractivity contribution in [3.05, 3.63) is 51.7 Å². The summed E-state index contributed by atoms with van der Waals surface area (Å²) in [4.78, 5) is 40.7. The van der Waals surface area contributed by atoms with Gasteiger partial charge in [-0.25, -0.2) is 0 Å². The Balaban J connectivity index is 1.56. The number of thioether (sulfide) groups is 1. The first-order valence-corrected chi connectivity index (χ1v) is 10.7. The van der Waals surface area contributed by atoms with Gasteiger partial charge in [0.15, 0.2) is 5.78 Å². The quantitative estimate of drug-likeness (QED) is 0.733. The number of hydrogen-bond acceptors (Lipinski definition) is 6. The molecule has 1 aliphatic heterocycles. The molecule has 1 aliphatic rings. The van der Waals surface area contributed by atoms with Gasteiger partial charge in [-0.3, -0.25) is 14.4 Å². The van der Waals surface area contributed by atoms with E-state index in [-0.39, 0.29) is 30.4 Å². The monoisotopic (exact) mass is 413 g/mol. The Kier molecular flexibility index (Phi) is 6.49. The summed E-state index contributed by atoms with van der Waals surface area (Å²) in [5.41, 5.74) is 1.09. The molecule has 1 aromatic heterocycles. The fraction of sp³-hybridized carbons (Fsp3) is 0.300. The Morgan fingerprint density at radius 2 is 1.93 bits per heavy atom. The van der Waals surface area contributed by atoms with E-state index in [4.69, 9.17) is 5.26 Å². The van der Waals surface area contributed by atoms with Crippen LogP contribution in [0.5, 0.6) is 0 Å². The second kappa shape index (κ2) is 9.04. The predicted octanol–water partition coefficient (Wildman–Crippen LogP) is 3.43. The van der Waals surface area contributed by atoms with E-state index in [1.807, 2.05) is 19.1 Å². The van der Waals surface area contributed by atoms with Crippen LogP contribution in [0, 0.1) is 18.3 Å². The summed E-state index contributed by atoms with van der Waals surface area (Å²) in [6.07, 6.45) is 0.237. The molecule has 1 N–H and O–H groups in total. The zero-order valence-electron chi connectivity index (χ0n) is 15.3. The number of aryl methyl sites for hydroxylation is 1. The van der Waals surface area contributed by atoms with Crippen LogP contribution in [0.2, 0.25) is 0 Å². The number of carbonyl (C=O) groups excluding carboxylic acids is 3. The average Bonchev–Trinajstić information content (AvgIpc) is 3.35. The molecule has 0 bridgehead atoms. The van der Waals surface area contributed by atoms with Crippen molar-refractivity contribution in [3.63, 3.8) is 0 Å². The molecule has 2 aromatic rings. The van der Waals surface area contributed by atoms with E-state index < -0.39 is 6.04 Å². The molecule has 0 radical (unpaired) electrons. The number of nitrogens with zero attached hydrogens (tertiary/aromatic N) is 2. The smallest absolute Gasteiger partial charge is 0.248 e. The molecule has 28 heavy (non-hydrogen) atoms. The van der Waals surface area contributed by atoms with Gasteiger partial charge < -0.3 is 10.2 Å². The maximum atomic E-state index is 12.6. The van der Waals surface area contributed by atoms with E-state index in [1.165, 1.54) is 28.0 Å². The molecule has 2 amide bonds. The van der Waals surface area contributed by atoms with Crippen LogP contribution in [0.15, 0.2) is 36.4 Å². The summed E-state index contributed by atoms with van der Waals surface area (Å²) in [7, 11) is 0. The summed E-state index contributed by atoms with van der Waals surface area (Å²) in [6, 6.07) is 11.7. The first-order valence-electron chi connectivity index (χ1n) is 8.76. The molecular formula is C20H19N3O3S2. The number of ketones is 1. The number of nitriles is 1. The fourth-order valence-electron chi connectivity index (χ4n) is 2.83. The van der Waals surface area contributed by atoms with Crippen molar-refractivity contribution in [1.29, 1.82) is 5.26 Å². The third-order valence-electron chi connectivity index (χ3n) is 4.37. The summed E-state index contributed by atoms with van der Waals surface area (Å²) < 4.78 is 0. The topological polar surface area (TPSA) is 90.3 Å². The third kappa shape index (κ3) is 4.80. The van der Waals surface area contributed by atoms with Crippen molar-refractivity contribution in [2.75, 3.05) is 16.9 Å². The standard InChI is InChI=1S/C20H19N3O3S2/c1-13-2-8-18(28-13)17(24)7-9-19(25)23-12-27-11-16(23)20(26)22-15-5-3-14(10-21)4-6-15/h2-6,8,16H,7,9,11-12H2,1H3,(H,22,26). The van der Waals surface area contributed by atoms with E-state index in [2.05, 4.69) is 5.32 Å². The number of rotatable bonds is 6. The van der Waals surface area contributed by atoms with E-state index in [0.717, 1.165) is 4.88 Å². The van der Waals surface area contributed by atoms with Crippen molar-refractivity contribution in [2.24, 2.45) is 0 Å². The van der Waals surface area contributed by atoms with Gasteiger partial charge in [-0.1, -0.05) is 0 Å². The number of Topliss-reactive ketones (excluding diaryl/α,β-unsaturated/α-hetero) is 1. The van der Waals surface area contributed by atoms with Crippen LogP contribution in [0.4, 0.5) is 5.69 Å². The van der Waals surface area contributed by atoms with Crippen LogP contribution in [-0.4, -0.2) is 40.2 Å². The second-order valence-electron chi connectivity index (χ2n) is 6.39. The lowest BCUT2D eigenvalue weighted by Gasteiger charge is -2.23. The van der Waals surface area contributed by atoms with Crippen LogP contribution < -0.4 is 5.32 Å². The summed E-state index contributed by atoms with van der Waals surface area (Å²) in [5, 5.41) is 11.6. The molecule has 3 rings (SSSR count). The third-order valence-corrected chi connectivity index (χ3v) is 6.42. The molecule has 0 saturated carbocycles. The van der Waals surface area contributed by atoms with Gasteiger partial charge in [-0.2, -0.15) is 5.26 Å². The van der Waals surface area contributed by atoms with Gasteiger partial charge in [-0.15, -0.1) is 23.1 Å². The number of hydrogen-bond donors (Lipinski definition) is 1. The number of thiophene rings is 1. The lowest BCUT2D eigenvalue weighted by molar-refractivity contribution is -0.136. The Morgan fingerprint density at radius 3 is 2.57 bits per heavy atom. The van der Waals surface area contributed by atoms with Crippen molar-refractivity contribution in [1.82, 2.24) is 4.90 Å². The Morgan fingerprint density at radius 1 is 1.18 bits per heavy atom. The summed E-state index contributed by atoms with van der Waals surface area (Å²) in [6.45, 7) is 1.94. The Labute approximate surface area is 171 Å². The highest BCUT2D eigenvalue weighted by atomic mass is 32.2. The predicted molar refractivity (Wildman–Crippen MR) is 110 cm³/mol. The van der Waals surface area contributed by atoms with Crippen LogP contribution in [0.3, 0.4) is 0 Å². The lowest BCUT2D eigenvalue weighted by atomic mass is 10.1. The number of benzene rings is 1.